The first-order chi connectivity index (χ1) is 12.6. The zero-order chi connectivity index (χ0) is 20.2. The maximum absolute atomic E-state index is 13.0. The van der Waals surface area contributed by atoms with Gasteiger partial charge in [0.05, 0.1) is 18.2 Å². The zero-order valence-electron chi connectivity index (χ0n) is 14.9. The molecule has 0 saturated carbocycles. The summed E-state index contributed by atoms with van der Waals surface area (Å²) in [5, 5.41) is 1.94. The second kappa shape index (κ2) is 8.47. The van der Waals surface area contributed by atoms with Gasteiger partial charge in [0.1, 0.15) is 5.25 Å². The minimum Gasteiger partial charge on any atom is -0.468 e. The second-order valence-corrected chi connectivity index (χ2v) is 7.14. The predicted molar refractivity (Wildman–Crippen MR) is 97.9 cm³/mol. The van der Waals surface area contributed by atoms with Crippen LogP contribution in [0.1, 0.15) is 28.4 Å². The molecule has 1 amide bonds. The van der Waals surface area contributed by atoms with Gasteiger partial charge in [-0.3, -0.25) is 9.59 Å². The standard InChI is InChI=1S/C19H18F3NO3S/c1-11-8-9-13(10-15(11)19(20,21)22)23-17(24)14-6-4-5-7-16(14)27-12(2)18(25)26-3/h4-10,12H,1-3H3,(H,23,24)/t12-/m1/s1. The molecular formula is C19H18F3NO3S. The van der Waals surface area contributed by atoms with Crippen LogP contribution in [-0.2, 0) is 15.7 Å². The van der Waals surface area contributed by atoms with Crippen LogP contribution in [0, 0.1) is 6.92 Å². The van der Waals surface area contributed by atoms with Gasteiger partial charge in [-0.1, -0.05) is 18.2 Å². The number of ether oxygens (including phenoxy) is 1. The fourth-order valence-corrected chi connectivity index (χ4v) is 3.38. The molecule has 27 heavy (non-hydrogen) atoms. The lowest BCUT2D eigenvalue weighted by Crippen LogP contribution is -2.17. The molecule has 0 aliphatic heterocycles. The number of carbonyl (C=O) groups excluding carboxylic acids is 2. The molecular weight excluding hydrogens is 379 g/mol. The van der Waals surface area contributed by atoms with Crippen molar-refractivity contribution in [1.82, 2.24) is 0 Å². The summed E-state index contributed by atoms with van der Waals surface area (Å²) in [6.45, 7) is 3.00. The van der Waals surface area contributed by atoms with E-state index in [1.165, 1.54) is 26.2 Å². The Hall–Kier alpha value is -2.48. The normalized spacial score (nSPS) is 12.4. The molecule has 8 heteroatoms. The van der Waals surface area contributed by atoms with Gasteiger partial charge in [-0.2, -0.15) is 13.2 Å². The molecule has 0 aliphatic carbocycles. The van der Waals surface area contributed by atoms with Crippen LogP contribution in [0.3, 0.4) is 0 Å². The summed E-state index contributed by atoms with van der Waals surface area (Å²) in [7, 11) is 1.27. The third kappa shape index (κ3) is 5.26. The Morgan fingerprint density at radius 1 is 1.15 bits per heavy atom. The minimum absolute atomic E-state index is 0.0405. The molecule has 0 radical (unpaired) electrons. The summed E-state index contributed by atoms with van der Waals surface area (Å²) >= 11 is 1.14. The van der Waals surface area contributed by atoms with Crippen molar-refractivity contribution in [2.75, 3.05) is 12.4 Å². The number of alkyl halides is 3. The third-order valence-electron chi connectivity index (χ3n) is 3.77. The molecule has 0 fully saturated rings. The molecule has 4 nitrogen and oxygen atoms in total. The van der Waals surface area contributed by atoms with Crippen LogP contribution < -0.4 is 5.32 Å². The maximum atomic E-state index is 13.0. The number of rotatable bonds is 5. The number of aryl methyl sites for hydroxylation is 1. The summed E-state index contributed by atoms with van der Waals surface area (Å²) in [5.41, 5.74) is -0.434. The average molecular weight is 397 g/mol. The molecule has 2 aromatic carbocycles. The fourth-order valence-electron chi connectivity index (χ4n) is 2.37. The number of amides is 1. The van der Waals surface area contributed by atoms with Gasteiger partial charge in [0.2, 0.25) is 0 Å². The number of nitrogens with one attached hydrogen (secondary N) is 1. The minimum atomic E-state index is -4.51. The first-order valence-electron chi connectivity index (χ1n) is 7.96. The number of hydrogen-bond donors (Lipinski definition) is 1. The van der Waals surface area contributed by atoms with Crippen LogP contribution in [-0.4, -0.2) is 24.2 Å². The molecule has 0 unspecified atom stereocenters. The Morgan fingerprint density at radius 3 is 2.44 bits per heavy atom. The highest BCUT2D eigenvalue weighted by Crippen LogP contribution is 2.34. The number of methoxy groups -OCH3 is 1. The highest BCUT2D eigenvalue weighted by molar-refractivity contribution is 8.00. The first kappa shape index (κ1) is 20.8. The molecule has 0 aliphatic rings. The van der Waals surface area contributed by atoms with E-state index in [1.54, 1.807) is 31.2 Å². The molecule has 0 aromatic heterocycles. The number of carbonyl (C=O) groups is 2. The Morgan fingerprint density at radius 2 is 1.81 bits per heavy atom. The van der Waals surface area contributed by atoms with E-state index in [0.29, 0.717) is 4.90 Å². The van der Waals surface area contributed by atoms with Crippen molar-refractivity contribution < 1.29 is 27.5 Å². The van der Waals surface area contributed by atoms with E-state index in [2.05, 4.69) is 10.1 Å². The molecule has 0 saturated heterocycles. The van der Waals surface area contributed by atoms with Crippen LogP contribution in [0.15, 0.2) is 47.4 Å². The average Bonchev–Trinajstić information content (AvgIpc) is 2.62. The van der Waals surface area contributed by atoms with Crippen LogP contribution in [0.2, 0.25) is 0 Å². The van der Waals surface area contributed by atoms with Crippen molar-refractivity contribution in [3.8, 4) is 0 Å². The van der Waals surface area contributed by atoms with E-state index in [-0.39, 0.29) is 16.8 Å². The van der Waals surface area contributed by atoms with E-state index < -0.39 is 28.9 Å². The SMILES string of the molecule is COC(=O)[C@@H](C)Sc1ccccc1C(=O)Nc1ccc(C)c(C(F)(F)F)c1. The van der Waals surface area contributed by atoms with Gasteiger partial charge in [0.15, 0.2) is 0 Å². The second-order valence-electron chi connectivity index (χ2n) is 5.76. The van der Waals surface area contributed by atoms with E-state index in [0.717, 1.165) is 17.8 Å². The van der Waals surface area contributed by atoms with Crippen molar-refractivity contribution in [3.63, 3.8) is 0 Å². The molecule has 144 valence electrons. The zero-order valence-corrected chi connectivity index (χ0v) is 15.7. The first-order valence-corrected chi connectivity index (χ1v) is 8.84. The quantitative estimate of drug-likeness (QED) is 0.575. The monoisotopic (exact) mass is 397 g/mol. The van der Waals surface area contributed by atoms with Gasteiger partial charge < -0.3 is 10.1 Å². The number of esters is 1. The van der Waals surface area contributed by atoms with Crippen LogP contribution in [0.5, 0.6) is 0 Å². The van der Waals surface area contributed by atoms with Crippen LogP contribution >= 0.6 is 11.8 Å². The van der Waals surface area contributed by atoms with Gasteiger partial charge in [-0.05, 0) is 43.7 Å². The summed E-state index contributed by atoms with van der Waals surface area (Å²) in [4.78, 5) is 24.7. The molecule has 1 atom stereocenters. The summed E-state index contributed by atoms with van der Waals surface area (Å²) < 4.78 is 43.8. The number of anilines is 1. The summed E-state index contributed by atoms with van der Waals surface area (Å²) in [5.74, 6) is -1.00. The number of benzene rings is 2. The predicted octanol–water partition coefficient (Wildman–Crippen LogP) is 4.92. The highest BCUT2D eigenvalue weighted by Gasteiger charge is 2.32. The molecule has 2 rings (SSSR count). The summed E-state index contributed by atoms with van der Waals surface area (Å²) in [6.07, 6.45) is -4.51. The molecule has 1 N–H and O–H groups in total. The number of hydrogen-bond acceptors (Lipinski definition) is 4. The van der Waals surface area contributed by atoms with Crippen LogP contribution in [0.25, 0.3) is 0 Å². The van der Waals surface area contributed by atoms with E-state index in [4.69, 9.17) is 0 Å². The Labute approximate surface area is 159 Å². The van der Waals surface area contributed by atoms with Crippen molar-refractivity contribution in [2.24, 2.45) is 0 Å². The van der Waals surface area contributed by atoms with Crippen molar-refractivity contribution in [2.45, 2.75) is 30.2 Å². The Balaban J connectivity index is 2.26. The van der Waals surface area contributed by atoms with E-state index >= 15 is 0 Å². The van der Waals surface area contributed by atoms with E-state index in [1.807, 2.05) is 0 Å². The summed E-state index contributed by atoms with van der Waals surface area (Å²) in [6, 6.07) is 10.2. The Kier molecular flexibility index (Phi) is 6.54. The van der Waals surface area contributed by atoms with Crippen molar-refractivity contribution in [3.05, 3.63) is 59.2 Å². The van der Waals surface area contributed by atoms with Crippen molar-refractivity contribution in [1.29, 1.82) is 0 Å². The maximum Gasteiger partial charge on any atom is 0.416 e. The molecule has 0 spiro atoms. The van der Waals surface area contributed by atoms with Gasteiger partial charge in [-0.25, -0.2) is 0 Å². The van der Waals surface area contributed by atoms with Gasteiger partial charge in [-0.15, -0.1) is 11.8 Å². The fraction of sp³-hybridized carbons (Fsp3) is 0.263. The van der Waals surface area contributed by atoms with Gasteiger partial charge in [0, 0.05) is 10.6 Å². The smallest absolute Gasteiger partial charge is 0.416 e. The number of thioether (sulfide) groups is 1. The molecule has 0 bridgehead atoms. The van der Waals surface area contributed by atoms with Gasteiger partial charge >= 0.3 is 12.1 Å². The van der Waals surface area contributed by atoms with Crippen LogP contribution in [0.4, 0.5) is 18.9 Å². The lowest BCUT2D eigenvalue weighted by Gasteiger charge is -2.15. The lowest BCUT2D eigenvalue weighted by atomic mass is 10.1. The lowest BCUT2D eigenvalue weighted by molar-refractivity contribution is -0.139. The topological polar surface area (TPSA) is 55.4 Å². The van der Waals surface area contributed by atoms with Gasteiger partial charge in [0.25, 0.3) is 5.91 Å². The van der Waals surface area contributed by atoms with Crippen molar-refractivity contribution >= 4 is 29.3 Å². The number of halogens is 3. The highest BCUT2D eigenvalue weighted by atomic mass is 32.2. The Bertz CT molecular complexity index is 852. The largest absolute Gasteiger partial charge is 0.468 e. The van der Waals surface area contributed by atoms with E-state index in [9.17, 15) is 22.8 Å². The third-order valence-corrected chi connectivity index (χ3v) is 4.93. The molecule has 0 heterocycles. The molecule has 2 aromatic rings.